The van der Waals surface area contributed by atoms with Crippen LogP contribution < -0.4 is 15.8 Å². The summed E-state index contributed by atoms with van der Waals surface area (Å²) < 4.78 is 13.3. The van der Waals surface area contributed by atoms with Gasteiger partial charge in [0.1, 0.15) is 30.2 Å². The molecule has 7 N–H and O–H groups in total. The number of aromatic nitrogens is 1. The van der Waals surface area contributed by atoms with Gasteiger partial charge in [-0.15, -0.1) is 0 Å². The van der Waals surface area contributed by atoms with Crippen molar-refractivity contribution in [1.82, 2.24) is 9.88 Å². The van der Waals surface area contributed by atoms with Crippen LogP contribution in [0.15, 0.2) is 54.7 Å². The van der Waals surface area contributed by atoms with Crippen LogP contribution in [0, 0.1) is 0 Å². The number of nitrogens with one attached hydrogen (secondary N) is 1. The lowest BCUT2D eigenvalue weighted by molar-refractivity contribution is -0.250. The second-order valence-electron chi connectivity index (χ2n) is 9.29. The first-order valence-corrected chi connectivity index (χ1v) is 12.5. The molecule has 1 aromatic heterocycles. The van der Waals surface area contributed by atoms with Crippen LogP contribution in [0.25, 0.3) is 10.9 Å². The van der Waals surface area contributed by atoms with E-state index in [4.69, 9.17) is 15.2 Å². The van der Waals surface area contributed by atoms with Gasteiger partial charge in [-0.2, -0.15) is 0 Å². The molecule has 0 saturated carbocycles. The Labute approximate surface area is 215 Å². The van der Waals surface area contributed by atoms with Gasteiger partial charge in [0.05, 0.1) is 18.7 Å². The highest BCUT2D eigenvalue weighted by atomic mass is 16.6. The van der Waals surface area contributed by atoms with E-state index in [2.05, 4.69) is 5.32 Å². The monoisotopic (exact) mass is 513 g/mol. The number of ether oxygens (including phenoxy) is 2. The number of aliphatic hydroxyl groups excluding tert-OH is 4. The second kappa shape index (κ2) is 12.5. The van der Waals surface area contributed by atoms with Gasteiger partial charge in [-0.25, -0.2) is 0 Å². The summed E-state index contributed by atoms with van der Waals surface area (Å²) in [6.07, 6.45) is -2.53. The summed E-state index contributed by atoms with van der Waals surface area (Å²) in [5.41, 5.74) is 7.99. The van der Waals surface area contributed by atoms with E-state index in [-0.39, 0.29) is 5.91 Å². The van der Waals surface area contributed by atoms with Crippen LogP contribution in [0.2, 0.25) is 0 Å². The Kier molecular flexibility index (Phi) is 9.14. The molecule has 1 saturated heterocycles. The number of hydrogen-bond donors (Lipinski definition) is 6. The van der Waals surface area contributed by atoms with E-state index in [0.29, 0.717) is 26.0 Å². The van der Waals surface area contributed by atoms with Gasteiger partial charge in [-0.3, -0.25) is 4.79 Å². The largest absolute Gasteiger partial charge is 0.494 e. The fourth-order valence-corrected chi connectivity index (χ4v) is 4.59. The lowest BCUT2D eigenvalue weighted by atomic mass is 9.98. The predicted octanol–water partition coefficient (Wildman–Crippen LogP) is 0.438. The van der Waals surface area contributed by atoms with Crippen molar-refractivity contribution >= 4 is 16.8 Å². The molecule has 37 heavy (non-hydrogen) atoms. The zero-order chi connectivity index (χ0) is 26.4. The molecular formula is C27H35N3O7. The molecule has 2 aromatic carbocycles. The van der Waals surface area contributed by atoms with Gasteiger partial charge in [-0.1, -0.05) is 30.3 Å². The number of fused-ring (bicyclic) bond motifs is 1. The topological polar surface area (TPSA) is 159 Å². The van der Waals surface area contributed by atoms with E-state index in [1.165, 1.54) is 0 Å². The number of nitrogens with two attached hydrogens (primary N) is 1. The van der Waals surface area contributed by atoms with Crippen molar-refractivity contribution in [2.24, 2.45) is 5.73 Å². The summed E-state index contributed by atoms with van der Waals surface area (Å²) in [6, 6.07) is 15.6. The number of primary amides is 1. The van der Waals surface area contributed by atoms with Crippen LogP contribution in [-0.4, -0.2) is 81.6 Å². The number of amides is 1. The summed E-state index contributed by atoms with van der Waals surface area (Å²) in [5, 5.41) is 44.8. The molecule has 0 spiro atoms. The Morgan fingerprint density at radius 3 is 2.51 bits per heavy atom. The summed E-state index contributed by atoms with van der Waals surface area (Å²) in [7, 11) is 0. The standard InChI is InChI=1S/C27H35N3O7/c28-23(32)10-12-29-11-3-13-36-19-8-6-17(7-9-19)14-18-15-30(21-5-2-1-4-20(18)21)27-26(35)25(34)24(33)22(16-31)37-27/h1-2,4-9,15,22,24-27,29,31,33-35H,3,10-14,16H2,(H2,28,32)/t22-,24-,25+,26-,27-/m1/s1. The number of benzene rings is 2. The summed E-state index contributed by atoms with van der Waals surface area (Å²) in [4.78, 5) is 10.7. The average molecular weight is 514 g/mol. The fourth-order valence-electron chi connectivity index (χ4n) is 4.59. The molecule has 1 aliphatic heterocycles. The summed E-state index contributed by atoms with van der Waals surface area (Å²) in [6.45, 7) is 1.38. The third-order valence-corrected chi connectivity index (χ3v) is 6.60. The van der Waals surface area contributed by atoms with Crippen LogP contribution in [0.3, 0.4) is 0 Å². The van der Waals surface area contributed by atoms with Crippen LogP contribution >= 0.6 is 0 Å². The Morgan fingerprint density at radius 2 is 1.78 bits per heavy atom. The highest BCUT2D eigenvalue weighted by Crippen LogP contribution is 2.34. The lowest BCUT2D eigenvalue weighted by Gasteiger charge is -2.40. The molecule has 1 aliphatic rings. The average Bonchev–Trinajstić information content (AvgIpc) is 3.26. The Morgan fingerprint density at radius 1 is 1.03 bits per heavy atom. The van der Waals surface area contributed by atoms with Crippen molar-refractivity contribution in [3.05, 3.63) is 65.9 Å². The molecule has 10 nitrogen and oxygen atoms in total. The lowest BCUT2D eigenvalue weighted by Crippen LogP contribution is -2.56. The minimum Gasteiger partial charge on any atom is -0.494 e. The summed E-state index contributed by atoms with van der Waals surface area (Å²) in [5.74, 6) is 0.451. The van der Waals surface area contributed by atoms with Gasteiger partial charge >= 0.3 is 0 Å². The molecule has 0 bridgehead atoms. The molecule has 4 rings (SSSR count). The number of para-hydroxylation sites is 1. The first kappa shape index (κ1) is 27.1. The SMILES string of the molecule is NC(=O)CCNCCCOc1ccc(Cc2cn([C@@H]3O[C@H](CO)[C@@H](O)[C@H](O)[C@H]3O)c3ccccc23)cc1. The van der Waals surface area contributed by atoms with Crippen molar-refractivity contribution in [1.29, 1.82) is 0 Å². The van der Waals surface area contributed by atoms with E-state index in [1.807, 2.05) is 54.7 Å². The first-order valence-electron chi connectivity index (χ1n) is 12.5. The smallest absolute Gasteiger partial charge is 0.218 e. The van der Waals surface area contributed by atoms with Gasteiger partial charge in [0.2, 0.25) is 5.91 Å². The number of carbonyl (C=O) groups is 1. The summed E-state index contributed by atoms with van der Waals surface area (Å²) >= 11 is 0. The van der Waals surface area contributed by atoms with E-state index in [9.17, 15) is 25.2 Å². The van der Waals surface area contributed by atoms with Crippen molar-refractivity contribution in [2.75, 3.05) is 26.3 Å². The molecule has 10 heteroatoms. The molecular weight excluding hydrogens is 478 g/mol. The molecule has 0 aliphatic carbocycles. The molecule has 200 valence electrons. The van der Waals surface area contributed by atoms with Crippen LogP contribution in [0.5, 0.6) is 5.75 Å². The van der Waals surface area contributed by atoms with Crippen molar-refractivity contribution in [2.45, 2.75) is 49.9 Å². The van der Waals surface area contributed by atoms with Gasteiger partial charge in [0.15, 0.2) is 6.23 Å². The molecule has 0 unspecified atom stereocenters. The Bertz CT molecular complexity index is 1160. The van der Waals surface area contributed by atoms with Crippen LogP contribution in [-0.2, 0) is 16.0 Å². The molecule has 5 atom stereocenters. The van der Waals surface area contributed by atoms with Gasteiger partial charge in [-0.05, 0) is 48.7 Å². The molecule has 1 amide bonds. The van der Waals surface area contributed by atoms with Crippen molar-refractivity contribution in [3.63, 3.8) is 0 Å². The van der Waals surface area contributed by atoms with Crippen LogP contribution in [0.1, 0.15) is 30.2 Å². The fraction of sp³-hybridized carbons (Fsp3) is 0.444. The Hall–Kier alpha value is -2.99. The van der Waals surface area contributed by atoms with E-state index in [1.54, 1.807) is 4.57 Å². The number of nitrogens with zero attached hydrogens (tertiary/aromatic N) is 1. The minimum absolute atomic E-state index is 0.317. The number of aliphatic hydroxyl groups is 4. The highest BCUT2D eigenvalue weighted by molar-refractivity contribution is 5.84. The maximum Gasteiger partial charge on any atom is 0.218 e. The molecule has 3 aromatic rings. The third-order valence-electron chi connectivity index (χ3n) is 6.60. The van der Waals surface area contributed by atoms with Gasteiger partial charge in [0, 0.05) is 24.5 Å². The zero-order valence-corrected chi connectivity index (χ0v) is 20.6. The normalized spacial score (nSPS) is 23.8. The second-order valence-corrected chi connectivity index (χ2v) is 9.29. The van der Waals surface area contributed by atoms with E-state index < -0.39 is 37.3 Å². The van der Waals surface area contributed by atoms with Crippen molar-refractivity contribution in [3.8, 4) is 5.75 Å². The molecule has 0 radical (unpaired) electrons. The Balaban J connectivity index is 1.41. The predicted molar refractivity (Wildman–Crippen MR) is 137 cm³/mol. The molecule has 2 heterocycles. The van der Waals surface area contributed by atoms with Crippen molar-refractivity contribution < 1.29 is 34.7 Å². The maximum absolute atomic E-state index is 10.7. The number of rotatable bonds is 12. The quantitative estimate of drug-likeness (QED) is 0.190. The highest BCUT2D eigenvalue weighted by Gasteiger charge is 2.44. The van der Waals surface area contributed by atoms with E-state index >= 15 is 0 Å². The molecule has 1 fully saturated rings. The zero-order valence-electron chi connectivity index (χ0n) is 20.6. The maximum atomic E-state index is 10.7. The third kappa shape index (κ3) is 6.48. The first-order chi connectivity index (χ1) is 17.9. The van der Waals surface area contributed by atoms with E-state index in [0.717, 1.165) is 40.7 Å². The van der Waals surface area contributed by atoms with Gasteiger partial charge < -0.3 is 45.5 Å². The number of carbonyl (C=O) groups excluding carboxylic acids is 1. The minimum atomic E-state index is -1.45. The number of hydrogen-bond acceptors (Lipinski definition) is 8. The van der Waals surface area contributed by atoms with Crippen LogP contribution in [0.4, 0.5) is 0 Å². The van der Waals surface area contributed by atoms with Gasteiger partial charge in [0.25, 0.3) is 0 Å².